The van der Waals surface area contributed by atoms with Gasteiger partial charge < -0.3 is 10.2 Å². The van der Waals surface area contributed by atoms with Gasteiger partial charge in [0.1, 0.15) is 5.54 Å². The normalized spacial score (nSPS) is 25.7. The van der Waals surface area contributed by atoms with Crippen molar-refractivity contribution < 1.29 is 14.5 Å². The van der Waals surface area contributed by atoms with E-state index in [0.29, 0.717) is 18.1 Å². The maximum absolute atomic E-state index is 13.0. The Morgan fingerprint density at radius 3 is 2.65 bits per heavy atom. The molecule has 0 radical (unpaired) electrons. The van der Waals surface area contributed by atoms with Crippen LogP contribution in [0, 0.1) is 0 Å². The molecule has 0 bridgehead atoms. The molecule has 2 aliphatic rings. The molecule has 2 aliphatic heterocycles. The van der Waals surface area contributed by atoms with Crippen LogP contribution in [0.2, 0.25) is 5.02 Å². The fraction of sp³-hybridized carbons (Fsp3) is 0.529. The van der Waals surface area contributed by atoms with Crippen LogP contribution in [0.1, 0.15) is 38.2 Å². The van der Waals surface area contributed by atoms with Crippen molar-refractivity contribution in [2.75, 3.05) is 19.8 Å². The van der Waals surface area contributed by atoms with E-state index < -0.39 is 5.54 Å². The Balaban J connectivity index is 1.85. The predicted molar refractivity (Wildman–Crippen MR) is 88.2 cm³/mol. The zero-order valence-electron chi connectivity index (χ0n) is 13.4. The maximum Gasteiger partial charge on any atom is 0.329 e. The number of halogens is 1. The van der Waals surface area contributed by atoms with Crippen LogP contribution in [0.25, 0.3) is 0 Å². The summed E-state index contributed by atoms with van der Waals surface area (Å²) in [5.74, 6) is -0.162. The third kappa shape index (κ3) is 2.95. The van der Waals surface area contributed by atoms with Gasteiger partial charge >= 0.3 is 6.03 Å². The summed E-state index contributed by atoms with van der Waals surface area (Å²) < 4.78 is 0. The van der Waals surface area contributed by atoms with Crippen molar-refractivity contribution >= 4 is 23.5 Å². The number of hydrogen-bond acceptors (Lipinski definition) is 2. The number of quaternary nitrogens is 1. The number of amides is 3. The van der Waals surface area contributed by atoms with Gasteiger partial charge in [-0.25, -0.2) is 9.69 Å². The topological polar surface area (TPSA) is 53.9 Å². The number of rotatable bonds is 4. The molecule has 23 heavy (non-hydrogen) atoms. The van der Waals surface area contributed by atoms with E-state index in [1.807, 2.05) is 19.1 Å². The van der Waals surface area contributed by atoms with Crippen molar-refractivity contribution in [3.63, 3.8) is 0 Å². The van der Waals surface area contributed by atoms with Crippen LogP contribution in [0.4, 0.5) is 4.79 Å². The fourth-order valence-electron chi connectivity index (χ4n) is 3.60. The minimum atomic E-state index is -0.989. The second kappa shape index (κ2) is 6.49. The summed E-state index contributed by atoms with van der Waals surface area (Å²) in [7, 11) is 0. The van der Waals surface area contributed by atoms with Crippen LogP contribution in [0.5, 0.6) is 0 Å². The van der Waals surface area contributed by atoms with Crippen molar-refractivity contribution in [2.45, 2.75) is 38.1 Å². The lowest BCUT2D eigenvalue weighted by Gasteiger charge is -2.28. The molecule has 0 spiro atoms. The van der Waals surface area contributed by atoms with Gasteiger partial charge in [-0.05, 0) is 43.4 Å². The van der Waals surface area contributed by atoms with E-state index in [1.54, 1.807) is 12.1 Å². The SMILES string of the molecule is CC[C@@]1(c2cccc(Cl)c2)NC(=O)N(C[NH+]2CCCCC2)C1=O. The predicted octanol–water partition coefficient (Wildman–Crippen LogP) is 1.52. The number of urea groups is 1. The van der Waals surface area contributed by atoms with E-state index in [1.165, 1.54) is 16.2 Å². The molecule has 3 amide bonds. The molecule has 0 aromatic heterocycles. The van der Waals surface area contributed by atoms with Crippen LogP contribution >= 0.6 is 11.6 Å². The van der Waals surface area contributed by atoms with Gasteiger partial charge in [0.25, 0.3) is 5.91 Å². The second-order valence-corrected chi connectivity index (χ2v) is 6.84. The summed E-state index contributed by atoms with van der Waals surface area (Å²) >= 11 is 6.08. The van der Waals surface area contributed by atoms with Crippen LogP contribution in [0.3, 0.4) is 0 Å². The van der Waals surface area contributed by atoms with E-state index in [4.69, 9.17) is 11.6 Å². The molecule has 0 aliphatic carbocycles. The van der Waals surface area contributed by atoms with Gasteiger partial charge in [-0.3, -0.25) is 4.79 Å². The highest BCUT2D eigenvalue weighted by atomic mass is 35.5. The molecule has 2 fully saturated rings. The lowest BCUT2D eigenvalue weighted by atomic mass is 9.87. The standard InChI is InChI=1S/C17H22ClN3O2/c1-2-17(13-7-6-8-14(18)11-13)15(22)21(16(23)19-17)12-20-9-4-3-5-10-20/h6-8,11H,2-5,9-10,12H2,1H3,(H,19,23)/p+1/t17-/m0/s1. The number of nitrogens with one attached hydrogen (secondary N) is 2. The van der Waals surface area contributed by atoms with Gasteiger partial charge in [-0.2, -0.15) is 0 Å². The molecule has 1 atom stereocenters. The van der Waals surface area contributed by atoms with E-state index >= 15 is 0 Å². The first-order chi connectivity index (χ1) is 11.1. The van der Waals surface area contributed by atoms with Gasteiger partial charge in [0.15, 0.2) is 6.67 Å². The maximum atomic E-state index is 13.0. The van der Waals surface area contributed by atoms with Crippen LogP contribution in [-0.4, -0.2) is 36.6 Å². The molecule has 2 heterocycles. The molecule has 2 N–H and O–H groups in total. The molecular formula is C17H23ClN3O2+. The largest absolute Gasteiger partial charge is 0.329 e. The minimum Gasteiger partial charge on any atom is -0.319 e. The molecule has 6 heteroatoms. The smallest absolute Gasteiger partial charge is 0.319 e. The molecule has 1 aromatic rings. The molecule has 0 saturated carbocycles. The van der Waals surface area contributed by atoms with Gasteiger partial charge in [-0.15, -0.1) is 0 Å². The lowest BCUT2D eigenvalue weighted by Crippen LogP contribution is -3.14. The van der Waals surface area contributed by atoms with E-state index in [-0.39, 0.29) is 11.9 Å². The molecule has 1 aromatic carbocycles. The number of benzene rings is 1. The van der Waals surface area contributed by atoms with E-state index in [2.05, 4.69) is 5.32 Å². The minimum absolute atomic E-state index is 0.162. The van der Waals surface area contributed by atoms with Gasteiger partial charge in [-0.1, -0.05) is 30.7 Å². The number of nitrogens with zero attached hydrogens (tertiary/aromatic N) is 1. The third-order valence-corrected chi connectivity index (χ3v) is 5.20. The van der Waals surface area contributed by atoms with Crippen LogP contribution in [-0.2, 0) is 10.3 Å². The summed E-state index contributed by atoms with van der Waals surface area (Å²) in [6.07, 6.45) is 4.06. The van der Waals surface area contributed by atoms with Crippen molar-refractivity contribution in [3.8, 4) is 0 Å². The molecular weight excluding hydrogens is 314 g/mol. The Morgan fingerprint density at radius 2 is 2.00 bits per heavy atom. The third-order valence-electron chi connectivity index (χ3n) is 4.97. The van der Waals surface area contributed by atoms with Gasteiger partial charge in [0.2, 0.25) is 0 Å². The fourth-order valence-corrected chi connectivity index (χ4v) is 3.79. The highest BCUT2D eigenvalue weighted by Gasteiger charge is 2.52. The Morgan fingerprint density at radius 1 is 1.26 bits per heavy atom. The number of carbonyl (C=O) groups excluding carboxylic acids is 2. The van der Waals surface area contributed by atoms with Crippen molar-refractivity contribution in [3.05, 3.63) is 34.9 Å². The zero-order valence-corrected chi connectivity index (χ0v) is 14.2. The van der Waals surface area contributed by atoms with Crippen LogP contribution < -0.4 is 10.2 Å². The first kappa shape index (κ1) is 16.3. The molecule has 124 valence electrons. The van der Waals surface area contributed by atoms with Gasteiger partial charge in [0.05, 0.1) is 13.1 Å². The van der Waals surface area contributed by atoms with Gasteiger partial charge in [0, 0.05) is 5.02 Å². The Hall–Kier alpha value is -1.59. The van der Waals surface area contributed by atoms with Crippen molar-refractivity contribution in [2.24, 2.45) is 0 Å². The second-order valence-electron chi connectivity index (χ2n) is 6.40. The first-order valence-electron chi connectivity index (χ1n) is 8.30. The van der Waals surface area contributed by atoms with Crippen LogP contribution in [0.15, 0.2) is 24.3 Å². The average Bonchev–Trinajstić information content (AvgIpc) is 2.81. The average molecular weight is 337 g/mol. The van der Waals surface area contributed by atoms with Crippen molar-refractivity contribution in [1.82, 2.24) is 10.2 Å². The lowest BCUT2D eigenvalue weighted by molar-refractivity contribution is -0.912. The Kier molecular flexibility index (Phi) is 4.60. The monoisotopic (exact) mass is 336 g/mol. The molecule has 5 nitrogen and oxygen atoms in total. The summed E-state index contributed by atoms with van der Waals surface area (Å²) in [5, 5.41) is 3.48. The number of likely N-dealkylation sites (tertiary alicyclic amines) is 1. The van der Waals surface area contributed by atoms with E-state index in [0.717, 1.165) is 31.5 Å². The quantitative estimate of drug-likeness (QED) is 0.819. The van der Waals surface area contributed by atoms with E-state index in [9.17, 15) is 9.59 Å². The molecule has 3 rings (SSSR count). The summed E-state index contributed by atoms with van der Waals surface area (Å²) in [6.45, 7) is 4.41. The molecule has 0 unspecified atom stereocenters. The number of hydrogen-bond donors (Lipinski definition) is 2. The summed E-state index contributed by atoms with van der Waals surface area (Å²) in [5.41, 5.74) is -0.237. The summed E-state index contributed by atoms with van der Waals surface area (Å²) in [4.78, 5) is 28.2. The Bertz CT molecular complexity index is 616. The number of imide groups is 1. The number of carbonyl (C=O) groups is 2. The highest BCUT2D eigenvalue weighted by molar-refractivity contribution is 6.30. The summed E-state index contributed by atoms with van der Waals surface area (Å²) in [6, 6.07) is 6.90. The molecule has 2 saturated heterocycles. The zero-order chi connectivity index (χ0) is 16.4. The Labute approximate surface area is 141 Å². The first-order valence-corrected chi connectivity index (χ1v) is 8.68. The van der Waals surface area contributed by atoms with Crippen molar-refractivity contribution in [1.29, 1.82) is 0 Å². The highest BCUT2D eigenvalue weighted by Crippen LogP contribution is 2.33. The number of piperidine rings is 1.